The third-order valence-corrected chi connectivity index (χ3v) is 11.4. The van der Waals surface area contributed by atoms with E-state index in [9.17, 15) is 14.4 Å². The molecule has 0 aliphatic carbocycles. The van der Waals surface area contributed by atoms with Crippen molar-refractivity contribution in [3.05, 3.63) is 72.9 Å². The third kappa shape index (κ3) is 49.9. The summed E-state index contributed by atoms with van der Waals surface area (Å²) in [4.78, 5) is 38.0. The molecule has 0 amide bonds. The van der Waals surface area contributed by atoms with Crippen LogP contribution in [-0.4, -0.2) is 37.2 Å². The van der Waals surface area contributed by atoms with Crippen LogP contribution in [0.3, 0.4) is 0 Å². The van der Waals surface area contributed by atoms with Crippen molar-refractivity contribution in [2.75, 3.05) is 13.2 Å². The summed E-state index contributed by atoms with van der Waals surface area (Å²) in [5.41, 5.74) is 0. The van der Waals surface area contributed by atoms with Gasteiger partial charge in [-0.25, -0.2) is 0 Å². The number of allylic oxidation sites excluding steroid dienone is 12. The van der Waals surface area contributed by atoms with Crippen LogP contribution in [0.2, 0.25) is 0 Å². The molecule has 0 rings (SSSR count). The van der Waals surface area contributed by atoms with Crippen LogP contribution in [0, 0.1) is 0 Å². The van der Waals surface area contributed by atoms with E-state index < -0.39 is 6.10 Å². The van der Waals surface area contributed by atoms with Crippen LogP contribution in [0.15, 0.2) is 72.9 Å². The van der Waals surface area contributed by atoms with Gasteiger partial charge < -0.3 is 14.2 Å². The minimum Gasteiger partial charge on any atom is -0.462 e. The molecule has 0 fully saturated rings. The second kappa shape index (κ2) is 52.5. The Bertz CT molecular complexity index is 1210. The highest BCUT2D eigenvalue weighted by molar-refractivity contribution is 5.71. The number of unbranched alkanes of at least 4 members (excludes halogenated alkanes) is 25. The van der Waals surface area contributed by atoms with Gasteiger partial charge >= 0.3 is 17.9 Å². The van der Waals surface area contributed by atoms with Crippen molar-refractivity contribution < 1.29 is 28.6 Å². The van der Waals surface area contributed by atoms with Gasteiger partial charge in [0.25, 0.3) is 0 Å². The van der Waals surface area contributed by atoms with Crippen molar-refractivity contribution in [3.63, 3.8) is 0 Å². The second-order valence-electron chi connectivity index (χ2n) is 17.7. The molecule has 0 aliphatic heterocycles. The Morgan fingerprint density at radius 1 is 0.328 bits per heavy atom. The van der Waals surface area contributed by atoms with E-state index in [1.807, 2.05) is 0 Å². The molecule has 0 aliphatic rings. The average molecular weight is 893 g/mol. The standard InChI is InChI=1S/C58H100O6/c1-4-7-10-13-16-19-22-24-26-28-30-31-33-36-39-42-45-48-51-57(60)63-54-55(53-62-56(59)50-47-44-41-38-35-21-18-15-12-9-6-3)64-58(61)52-49-46-43-40-37-34-32-29-27-25-23-20-17-14-11-8-5-2/h9,12,17-18,20-21,25,27,30-31,38,41,55H,4-8,10-11,13-16,19,22-24,26,28-29,32-37,39-40,42-54H2,1-3H3/b12-9-,20-17-,21-18-,27-25-,31-30-,41-38-. The second-order valence-corrected chi connectivity index (χ2v) is 17.7. The normalized spacial score (nSPS) is 12.6. The highest BCUT2D eigenvalue weighted by Crippen LogP contribution is 2.14. The Balaban J connectivity index is 4.40. The first-order valence-electron chi connectivity index (χ1n) is 26.9. The van der Waals surface area contributed by atoms with E-state index in [2.05, 4.69) is 93.7 Å². The fraction of sp³-hybridized carbons (Fsp3) is 0.741. The average Bonchev–Trinajstić information content (AvgIpc) is 3.29. The van der Waals surface area contributed by atoms with Crippen molar-refractivity contribution >= 4 is 17.9 Å². The van der Waals surface area contributed by atoms with Gasteiger partial charge in [-0.2, -0.15) is 0 Å². The Kier molecular flexibility index (Phi) is 49.9. The third-order valence-electron chi connectivity index (χ3n) is 11.4. The number of esters is 3. The first kappa shape index (κ1) is 60.9. The fourth-order valence-electron chi connectivity index (χ4n) is 7.37. The summed E-state index contributed by atoms with van der Waals surface area (Å²) in [5.74, 6) is -0.968. The molecule has 0 aromatic carbocycles. The zero-order valence-corrected chi connectivity index (χ0v) is 42.0. The SMILES string of the molecule is CC/C=C\C/C=C\C/C=C\CCCC(=O)OCC(COC(=O)CCCCCCC/C=C\CCCCCCCCCCC)OC(=O)CCCCCCCCC/C=C\C/C=C\CCCCC. The van der Waals surface area contributed by atoms with E-state index in [-0.39, 0.29) is 37.5 Å². The Labute approximate surface area is 395 Å². The monoisotopic (exact) mass is 893 g/mol. The summed E-state index contributed by atoms with van der Waals surface area (Å²) >= 11 is 0. The lowest BCUT2D eigenvalue weighted by Crippen LogP contribution is -2.30. The molecule has 0 aromatic heterocycles. The van der Waals surface area contributed by atoms with Gasteiger partial charge in [-0.3, -0.25) is 14.4 Å². The lowest BCUT2D eigenvalue weighted by molar-refractivity contribution is -0.167. The Morgan fingerprint density at radius 2 is 0.625 bits per heavy atom. The predicted octanol–water partition coefficient (Wildman–Crippen LogP) is 17.8. The summed E-state index contributed by atoms with van der Waals surface area (Å²) in [5, 5.41) is 0. The van der Waals surface area contributed by atoms with Crippen LogP contribution in [0.25, 0.3) is 0 Å². The molecule has 6 nitrogen and oxygen atoms in total. The molecule has 0 N–H and O–H groups in total. The van der Waals surface area contributed by atoms with Crippen molar-refractivity contribution in [1.29, 1.82) is 0 Å². The highest BCUT2D eigenvalue weighted by Gasteiger charge is 2.19. The van der Waals surface area contributed by atoms with Crippen LogP contribution in [0.5, 0.6) is 0 Å². The quantitative estimate of drug-likeness (QED) is 0.0262. The maximum atomic E-state index is 12.8. The van der Waals surface area contributed by atoms with Crippen LogP contribution in [0.4, 0.5) is 0 Å². The van der Waals surface area contributed by atoms with Gasteiger partial charge in [-0.05, 0) is 103 Å². The van der Waals surface area contributed by atoms with Crippen molar-refractivity contribution in [2.45, 2.75) is 264 Å². The van der Waals surface area contributed by atoms with Gasteiger partial charge in [-0.1, -0.05) is 209 Å². The number of hydrogen-bond acceptors (Lipinski definition) is 6. The molecule has 0 saturated carbocycles. The molecule has 6 heteroatoms. The molecule has 0 aromatic rings. The molecule has 64 heavy (non-hydrogen) atoms. The molecular formula is C58H100O6. The molecule has 1 atom stereocenters. The molecule has 0 heterocycles. The van der Waals surface area contributed by atoms with Gasteiger partial charge in [0.1, 0.15) is 13.2 Å². The summed E-state index contributed by atoms with van der Waals surface area (Å²) < 4.78 is 16.7. The number of ether oxygens (including phenoxy) is 3. The molecule has 0 bridgehead atoms. The molecule has 1 unspecified atom stereocenters. The first-order valence-corrected chi connectivity index (χ1v) is 26.9. The van der Waals surface area contributed by atoms with Crippen molar-refractivity contribution in [3.8, 4) is 0 Å². The molecule has 0 radical (unpaired) electrons. The minimum atomic E-state index is -0.802. The van der Waals surface area contributed by atoms with E-state index in [1.54, 1.807) is 0 Å². The topological polar surface area (TPSA) is 78.9 Å². The molecule has 0 saturated heterocycles. The van der Waals surface area contributed by atoms with Gasteiger partial charge in [0.05, 0.1) is 0 Å². The van der Waals surface area contributed by atoms with Crippen molar-refractivity contribution in [1.82, 2.24) is 0 Å². The lowest BCUT2D eigenvalue weighted by Gasteiger charge is -2.18. The Hall–Kier alpha value is -3.15. The highest BCUT2D eigenvalue weighted by atomic mass is 16.6. The van der Waals surface area contributed by atoms with Gasteiger partial charge in [-0.15, -0.1) is 0 Å². The molecule has 368 valence electrons. The smallest absolute Gasteiger partial charge is 0.306 e. The first-order chi connectivity index (χ1) is 31.5. The van der Waals surface area contributed by atoms with E-state index in [0.29, 0.717) is 19.3 Å². The summed E-state index contributed by atoms with van der Waals surface area (Å²) in [6.45, 7) is 6.44. The van der Waals surface area contributed by atoms with E-state index in [0.717, 1.165) is 83.5 Å². The van der Waals surface area contributed by atoms with Crippen molar-refractivity contribution in [2.24, 2.45) is 0 Å². The van der Waals surface area contributed by atoms with Gasteiger partial charge in [0.2, 0.25) is 0 Å². The maximum absolute atomic E-state index is 12.8. The van der Waals surface area contributed by atoms with E-state index >= 15 is 0 Å². The fourth-order valence-corrected chi connectivity index (χ4v) is 7.37. The molecular weight excluding hydrogens is 793 g/mol. The number of carbonyl (C=O) groups excluding carboxylic acids is 3. The number of carbonyl (C=O) groups is 3. The lowest BCUT2D eigenvalue weighted by atomic mass is 10.1. The van der Waals surface area contributed by atoms with Crippen LogP contribution in [0.1, 0.15) is 258 Å². The van der Waals surface area contributed by atoms with Crippen LogP contribution >= 0.6 is 0 Å². The summed E-state index contributed by atoms with van der Waals surface area (Å²) in [6.07, 6.45) is 66.1. The largest absolute Gasteiger partial charge is 0.462 e. The zero-order valence-electron chi connectivity index (χ0n) is 42.0. The summed E-state index contributed by atoms with van der Waals surface area (Å²) in [6, 6.07) is 0. The van der Waals surface area contributed by atoms with E-state index in [4.69, 9.17) is 14.2 Å². The van der Waals surface area contributed by atoms with Crippen LogP contribution < -0.4 is 0 Å². The Morgan fingerprint density at radius 3 is 1.06 bits per heavy atom. The van der Waals surface area contributed by atoms with Gasteiger partial charge in [0.15, 0.2) is 6.10 Å². The van der Waals surface area contributed by atoms with E-state index in [1.165, 1.54) is 128 Å². The number of rotatable bonds is 48. The van der Waals surface area contributed by atoms with Crippen LogP contribution in [-0.2, 0) is 28.6 Å². The molecule has 0 spiro atoms. The summed E-state index contributed by atoms with van der Waals surface area (Å²) in [7, 11) is 0. The number of hydrogen-bond donors (Lipinski definition) is 0. The zero-order chi connectivity index (χ0) is 46.5. The minimum absolute atomic E-state index is 0.0985. The maximum Gasteiger partial charge on any atom is 0.306 e. The predicted molar refractivity (Wildman–Crippen MR) is 274 cm³/mol. The van der Waals surface area contributed by atoms with Gasteiger partial charge in [0, 0.05) is 19.3 Å².